The van der Waals surface area contributed by atoms with Crippen molar-refractivity contribution in [2.24, 2.45) is 0 Å². The molecule has 1 heterocycles. The van der Waals surface area contributed by atoms with Gasteiger partial charge in [0.1, 0.15) is 11.6 Å². The number of aromatic nitrogens is 1. The van der Waals surface area contributed by atoms with Gasteiger partial charge in [0, 0.05) is 31.3 Å². The van der Waals surface area contributed by atoms with Crippen LogP contribution in [0.25, 0.3) is 6.08 Å². The van der Waals surface area contributed by atoms with Crippen LogP contribution >= 0.6 is 0 Å². The van der Waals surface area contributed by atoms with Crippen molar-refractivity contribution in [3.63, 3.8) is 0 Å². The molecule has 1 amide bonds. The third-order valence-electron chi connectivity index (χ3n) is 4.84. The van der Waals surface area contributed by atoms with Gasteiger partial charge in [0.2, 0.25) is 0 Å². The number of aryl methyl sites for hydroxylation is 1. The molecular weight excluding hydrogens is 402 g/mol. The molecule has 0 fully saturated rings. The maximum atomic E-state index is 12.5. The fourth-order valence-corrected chi connectivity index (χ4v) is 4.01. The van der Waals surface area contributed by atoms with Gasteiger partial charge in [-0.2, -0.15) is 5.26 Å². The quantitative estimate of drug-likeness (QED) is 0.514. The molecule has 1 N–H and O–H groups in total. The number of carbonyl (C=O) groups excluding carboxylic acids is 1. The number of nitrogens with one attached hydrogen (secondary N) is 1. The molecule has 2 aromatic rings. The Bertz CT molecular complexity index is 1090. The van der Waals surface area contributed by atoms with E-state index in [2.05, 4.69) is 9.88 Å². The predicted molar refractivity (Wildman–Crippen MR) is 115 cm³/mol. The van der Waals surface area contributed by atoms with E-state index < -0.39 is 15.7 Å². The van der Waals surface area contributed by atoms with E-state index in [9.17, 15) is 18.5 Å². The molecule has 1 aromatic heterocycles. The number of carbonyl (C=O) groups is 1. The molecule has 1 aromatic carbocycles. The van der Waals surface area contributed by atoms with Gasteiger partial charge < -0.3 is 14.6 Å². The molecule has 1 atom stereocenters. The van der Waals surface area contributed by atoms with Crippen LogP contribution in [0, 0.1) is 25.2 Å². The molecule has 160 valence electrons. The van der Waals surface area contributed by atoms with Crippen LogP contribution in [0.2, 0.25) is 0 Å². The standard InChI is InChI=1S/C22H27N3O4S/c1-15-10-19(17(3)25(15)16(2)14-29-4)11-20(12-23)22(26)24-13-18-6-8-21(9-7-18)30(5,27)28/h6-11,16H,13-14H2,1-5H3,(H,24,26)/b20-11-. The maximum absolute atomic E-state index is 12.5. The van der Waals surface area contributed by atoms with E-state index in [0.29, 0.717) is 6.61 Å². The normalized spacial score (nSPS) is 13.0. The van der Waals surface area contributed by atoms with Crippen molar-refractivity contribution >= 4 is 21.8 Å². The first kappa shape index (κ1) is 23.4. The molecule has 0 saturated heterocycles. The Hall–Kier alpha value is -2.89. The van der Waals surface area contributed by atoms with Gasteiger partial charge in [0.15, 0.2) is 9.84 Å². The van der Waals surface area contributed by atoms with Gasteiger partial charge in [-0.15, -0.1) is 0 Å². The zero-order valence-corrected chi connectivity index (χ0v) is 18.7. The van der Waals surface area contributed by atoms with E-state index in [1.807, 2.05) is 32.9 Å². The summed E-state index contributed by atoms with van der Waals surface area (Å²) < 4.78 is 30.4. The Morgan fingerprint density at radius 3 is 2.47 bits per heavy atom. The van der Waals surface area contributed by atoms with Crippen molar-refractivity contribution in [3.05, 3.63) is 58.4 Å². The smallest absolute Gasteiger partial charge is 0.262 e. The van der Waals surface area contributed by atoms with Gasteiger partial charge >= 0.3 is 0 Å². The Balaban J connectivity index is 2.16. The third-order valence-corrected chi connectivity index (χ3v) is 5.97. The maximum Gasteiger partial charge on any atom is 0.262 e. The van der Waals surface area contributed by atoms with E-state index in [4.69, 9.17) is 4.74 Å². The minimum atomic E-state index is -3.27. The fourth-order valence-electron chi connectivity index (χ4n) is 3.38. The van der Waals surface area contributed by atoms with Gasteiger partial charge in [0.05, 0.1) is 17.5 Å². The van der Waals surface area contributed by atoms with Crippen LogP contribution in [0.5, 0.6) is 0 Å². The summed E-state index contributed by atoms with van der Waals surface area (Å²) in [5, 5.41) is 12.2. The first-order chi connectivity index (χ1) is 14.1. The second kappa shape index (κ2) is 9.74. The fraction of sp³-hybridized carbons (Fsp3) is 0.364. The van der Waals surface area contributed by atoms with Crippen molar-refractivity contribution in [2.75, 3.05) is 20.0 Å². The van der Waals surface area contributed by atoms with Gasteiger partial charge in [-0.1, -0.05) is 12.1 Å². The van der Waals surface area contributed by atoms with Gasteiger partial charge in [-0.25, -0.2) is 8.42 Å². The number of hydrogen-bond acceptors (Lipinski definition) is 5. The topological polar surface area (TPSA) is 101 Å². The molecule has 0 aliphatic heterocycles. The summed E-state index contributed by atoms with van der Waals surface area (Å²) in [6.45, 7) is 6.71. The van der Waals surface area contributed by atoms with Gasteiger partial charge in [-0.3, -0.25) is 4.79 Å². The van der Waals surface area contributed by atoms with Crippen LogP contribution in [0.3, 0.4) is 0 Å². The number of nitriles is 1. The highest BCUT2D eigenvalue weighted by Gasteiger charge is 2.16. The van der Waals surface area contributed by atoms with E-state index in [1.54, 1.807) is 25.3 Å². The lowest BCUT2D eigenvalue weighted by atomic mass is 10.1. The highest BCUT2D eigenvalue weighted by atomic mass is 32.2. The molecule has 0 radical (unpaired) electrons. The van der Waals surface area contributed by atoms with Crippen molar-refractivity contribution in [2.45, 2.75) is 38.3 Å². The van der Waals surface area contributed by atoms with Crippen LogP contribution in [0.15, 0.2) is 40.8 Å². The number of sulfone groups is 1. The summed E-state index contributed by atoms with van der Waals surface area (Å²) in [5.41, 5.74) is 3.52. The molecule has 8 heteroatoms. The molecular formula is C22H27N3O4S. The minimum absolute atomic E-state index is 0.00222. The second-order valence-electron chi connectivity index (χ2n) is 7.27. The van der Waals surface area contributed by atoms with Crippen molar-refractivity contribution < 1.29 is 17.9 Å². The van der Waals surface area contributed by atoms with Gasteiger partial charge in [-0.05, 0) is 56.2 Å². The van der Waals surface area contributed by atoms with Crippen molar-refractivity contribution in [3.8, 4) is 6.07 Å². The SMILES string of the molecule is COCC(C)n1c(C)cc(/C=C(/C#N)C(=O)NCc2ccc(S(C)(=O)=O)cc2)c1C. The molecule has 0 spiro atoms. The number of nitrogens with zero attached hydrogens (tertiary/aromatic N) is 2. The summed E-state index contributed by atoms with van der Waals surface area (Å²) in [6, 6.07) is 10.3. The third kappa shape index (κ3) is 5.59. The Morgan fingerprint density at radius 1 is 1.30 bits per heavy atom. The average Bonchev–Trinajstić information content (AvgIpc) is 2.97. The molecule has 7 nitrogen and oxygen atoms in total. The first-order valence-electron chi connectivity index (χ1n) is 9.44. The zero-order chi connectivity index (χ0) is 22.5. The summed E-state index contributed by atoms with van der Waals surface area (Å²) in [4.78, 5) is 12.7. The van der Waals surface area contributed by atoms with E-state index in [-0.39, 0.29) is 23.1 Å². The summed E-state index contributed by atoms with van der Waals surface area (Å²) in [5.74, 6) is -0.487. The van der Waals surface area contributed by atoms with Crippen LogP contribution in [-0.2, 0) is 25.9 Å². The Morgan fingerprint density at radius 2 is 1.93 bits per heavy atom. The number of rotatable bonds is 8. The molecule has 0 saturated carbocycles. The molecule has 30 heavy (non-hydrogen) atoms. The van der Waals surface area contributed by atoms with Crippen LogP contribution in [-0.4, -0.2) is 38.9 Å². The highest BCUT2D eigenvalue weighted by molar-refractivity contribution is 7.90. The highest BCUT2D eigenvalue weighted by Crippen LogP contribution is 2.23. The van der Waals surface area contributed by atoms with Crippen LogP contribution in [0.4, 0.5) is 0 Å². The van der Waals surface area contributed by atoms with E-state index >= 15 is 0 Å². The Labute approximate surface area is 177 Å². The van der Waals surface area contributed by atoms with E-state index in [0.717, 1.165) is 28.8 Å². The monoisotopic (exact) mass is 429 g/mol. The second-order valence-corrected chi connectivity index (χ2v) is 9.29. The largest absolute Gasteiger partial charge is 0.383 e. The van der Waals surface area contributed by atoms with Crippen LogP contribution < -0.4 is 5.32 Å². The number of ether oxygens (including phenoxy) is 1. The summed E-state index contributed by atoms with van der Waals surface area (Å²) in [7, 11) is -1.62. The minimum Gasteiger partial charge on any atom is -0.383 e. The predicted octanol–water partition coefficient (Wildman–Crippen LogP) is 2.94. The molecule has 0 aliphatic rings. The Kier molecular flexibility index (Phi) is 7.59. The average molecular weight is 430 g/mol. The summed E-state index contributed by atoms with van der Waals surface area (Å²) >= 11 is 0. The lowest BCUT2D eigenvalue weighted by molar-refractivity contribution is -0.117. The number of amides is 1. The molecule has 0 aliphatic carbocycles. The first-order valence-corrected chi connectivity index (χ1v) is 11.3. The lowest BCUT2D eigenvalue weighted by Gasteiger charge is -2.17. The molecule has 2 rings (SSSR count). The van der Waals surface area contributed by atoms with Crippen molar-refractivity contribution in [1.29, 1.82) is 5.26 Å². The zero-order valence-electron chi connectivity index (χ0n) is 17.9. The lowest BCUT2D eigenvalue weighted by Crippen LogP contribution is -2.24. The van der Waals surface area contributed by atoms with E-state index in [1.165, 1.54) is 12.1 Å². The van der Waals surface area contributed by atoms with Gasteiger partial charge in [0.25, 0.3) is 5.91 Å². The summed E-state index contributed by atoms with van der Waals surface area (Å²) in [6.07, 6.45) is 2.72. The number of hydrogen-bond donors (Lipinski definition) is 1. The molecule has 0 bridgehead atoms. The number of methoxy groups -OCH3 is 1. The number of benzene rings is 1. The van der Waals surface area contributed by atoms with Crippen LogP contribution in [0.1, 0.15) is 35.5 Å². The molecule has 1 unspecified atom stereocenters. The van der Waals surface area contributed by atoms with Crippen molar-refractivity contribution in [1.82, 2.24) is 9.88 Å².